The molecule has 1 aliphatic rings. The Bertz CT molecular complexity index is 1580. The van der Waals surface area contributed by atoms with Crippen molar-refractivity contribution in [3.05, 3.63) is 114 Å². The smallest absolute Gasteiger partial charge is 0.339 e. The Morgan fingerprint density at radius 3 is 2.27 bits per heavy atom. The molecule has 1 aliphatic heterocycles. The molecule has 9 heteroatoms. The first-order valence-corrected chi connectivity index (χ1v) is 13.5. The van der Waals surface area contributed by atoms with Gasteiger partial charge in [-0.3, -0.25) is 4.79 Å². The van der Waals surface area contributed by atoms with Gasteiger partial charge in [0.1, 0.15) is 17.1 Å². The van der Waals surface area contributed by atoms with E-state index in [1.165, 1.54) is 18.2 Å². The summed E-state index contributed by atoms with van der Waals surface area (Å²) in [6.45, 7) is 4.37. The zero-order valence-corrected chi connectivity index (χ0v) is 22.7. The normalized spacial score (nSPS) is 14.5. The fourth-order valence-corrected chi connectivity index (χ4v) is 4.96. The van der Waals surface area contributed by atoms with Gasteiger partial charge in [0.2, 0.25) is 5.91 Å². The molecule has 0 unspecified atom stereocenters. The van der Waals surface area contributed by atoms with Crippen molar-refractivity contribution in [2.24, 2.45) is 16.1 Å². The number of carboxylic acid groups (broad SMARTS) is 1. The second-order valence-electron chi connectivity index (χ2n) is 10.1. The molecule has 0 atom stereocenters. The number of hydrogen-bond donors (Lipinski definition) is 2. The number of aromatic hydroxyl groups is 1. The molecule has 1 aromatic heterocycles. The molecule has 1 saturated heterocycles. The quantitative estimate of drug-likeness (QED) is 0.195. The molecule has 9 nitrogen and oxygen atoms in total. The lowest BCUT2D eigenvalue weighted by atomic mass is 9.95. The van der Waals surface area contributed by atoms with Crippen LogP contribution in [0.15, 0.2) is 101 Å². The number of azo groups is 1. The monoisotopic (exact) mass is 549 g/mol. The first-order chi connectivity index (χ1) is 19.9. The molecule has 2 heterocycles. The van der Waals surface area contributed by atoms with Crippen molar-refractivity contribution >= 4 is 28.8 Å². The maximum absolute atomic E-state index is 13.4. The molecule has 4 aromatic rings. The van der Waals surface area contributed by atoms with Crippen molar-refractivity contribution in [1.29, 1.82) is 0 Å². The summed E-state index contributed by atoms with van der Waals surface area (Å²) in [4.78, 5) is 30.9. The highest BCUT2D eigenvalue weighted by Gasteiger charge is 2.23. The van der Waals surface area contributed by atoms with Gasteiger partial charge in [0, 0.05) is 38.1 Å². The number of nitrogens with zero attached hydrogens (tertiary/aromatic N) is 5. The van der Waals surface area contributed by atoms with Gasteiger partial charge in [0.25, 0.3) is 0 Å². The van der Waals surface area contributed by atoms with Crippen molar-refractivity contribution in [3.8, 4) is 5.75 Å². The summed E-state index contributed by atoms with van der Waals surface area (Å²) in [5, 5.41) is 27.2. The molecule has 208 valence electrons. The van der Waals surface area contributed by atoms with Crippen LogP contribution < -0.4 is 0 Å². The molecule has 3 aromatic carbocycles. The zero-order valence-electron chi connectivity index (χ0n) is 22.7. The molecule has 41 heavy (non-hydrogen) atoms. The molecule has 2 N–H and O–H groups in total. The van der Waals surface area contributed by atoms with E-state index in [1.54, 1.807) is 18.2 Å². The number of amides is 1. The molecule has 0 aliphatic carbocycles. The highest BCUT2D eigenvalue weighted by atomic mass is 16.4. The Balaban J connectivity index is 1.30. The summed E-state index contributed by atoms with van der Waals surface area (Å²) in [7, 11) is 0. The number of aromatic carboxylic acids is 1. The second-order valence-corrected chi connectivity index (χ2v) is 10.1. The molecule has 0 saturated carbocycles. The fourth-order valence-electron chi connectivity index (χ4n) is 4.96. The minimum absolute atomic E-state index is 0.00792. The van der Waals surface area contributed by atoms with E-state index in [2.05, 4.69) is 19.8 Å². The minimum Gasteiger partial charge on any atom is -0.507 e. The average molecular weight is 550 g/mol. The van der Waals surface area contributed by atoms with Crippen LogP contribution in [-0.4, -0.2) is 49.6 Å². The van der Waals surface area contributed by atoms with Crippen molar-refractivity contribution < 1.29 is 19.8 Å². The third-order valence-electron chi connectivity index (χ3n) is 7.33. The molecular weight excluding hydrogens is 518 g/mol. The first-order valence-electron chi connectivity index (χ1n) is 13.5. The van der Waals surface area contributed by atoms with Crippen LogP contribution in [0.4, 0.5) is 11.4 Å². The lowest BCUT2D eigenvalue weighted by molar-refractivity contribution is -0.127. The average Bonchev–Trinajstić information content (AvgIpc) is 3.40. The number of rotatable bonds is 8. The van der Waals surface area contributed by atoms with Crippen LogP contribution in [0, 0.1) is 12.8 Å². The number of carbonyl (C=O) groups is 2. The summed E-state index contributed by atoms with van der Waals surface area (Å²) >= 11 is 0. The van der Waals surface area contributed by atoms with E-state index in [0.717, 1.165) is 55.0 Å². The Kier molecular flexibility index (Phi) is 8.34. The van der Waals surface area contributed by atoms with Gasteiger partial charge in [0.15, 0.2) is 0 Å². The van der Waals surface area contributed by atoms with Crippen LogP contribution >= 0.6 is 0 Å². The van der Waals surface area contributed by atoms with Crippen LogP contribution in [0.2, 0.25) is 0 Å². The van der Waals surface area contributed by atoms with Gasteiger partial charge >= 0.3 is 5.97 Å². The molecule has 0 spiro atoms. The van der Waals surface area contributed by atoms with Gasteiger partial charge < -0.3 is 19.7 Å². The van der Waals surface area contributed by atoms with E-state index in [4.69, 9.17) is 0 Å². The van der Waals surface area contributed by atoms with Crippen molar-refractivity contribution in [1.82, 2.24) is 14.5 Å². The Labute approximate surface area is 238 Å². The van der Waals surface area contributed by atoms with E-state index in [9.17, 15) is 19.8 Å². The lowest BCUT2D eigenvalue weighted by Gasteiger charge is -2.32. The fraction of sp³-hybridized carbons (Fsp3) is 0.219. The van der Waals surface area contributed by atoms with E-state index in [1.807, 2.05) is 66.7 Å². The largest absolute Gasteiger partial charge is 0.507 e. The standard InChI is InChI=1S/C32H31N5O4/c1-22-33-15-18-37(22)21-23-13-16-36(17-14-23)31(39)20-28(24-5-3-2-4-6-24)25-7-9-26(10-8-25)34-35-27-11-12-30(38)29(19-27)32(40)41/h2-12,15,18-20,23,38H,13-14,16-17,21H2,1H3,(H,40,41)/b28-20+,35-34?. The number of aryl methyl sites for hydroxylation is 1. The van der Waals surface area contributed by atoms with Crippen molar-refractivity contribution in [3.63, 3.8) is 0 Å². The summed E-state index contributed by atoms with van der Waals surface area (Å²) in [5.41, 5.74) is 3.26. The highest BCUT2D eigenvalue weighted by molar-refractivity contribution is 5.99. The SMILES string of the molecule is Cc1nccn1CC1CCN(C(=O)/C=C(\c2ccccc2)c2ccc(N=Nc3ccc(O)c(C(=O)O)c3)cc2)CC1. The predicted octanol–water partition coefficient (Wildman–Crippen LogP) is 6.38. The van der Waals surface area contributed by atoms with Crippen LogP contribution in [0.5, 0.6) is 5.75 Å². The van der Waals surface area contributed by atoms with Gasteiger partial charge in [-0.05, 0) is 72.7 Å². The van der Waals surface area contributed by atoms with Crippen molar-refractivity contribution in [2.75, 3.05) is 13.1 Å². The van der Waals surface area contributed by atoms with Gasteiger partial charge in [-0.2, -0.15) is 10.2 Å². The third kappa shape index (κ3) is 6.75. The number of piperidine rings is 1. The molecule has 5 rings (SSSR count). The number of benzene rings is 3. The van der Waals surface area contributed by atoms with E-state index in [0.29, 0.717) is 17.3 Å². The predicted molar refractivity (Wildman–Crippen MR) is 155 cm³/mol. The van der Waals surface area contributed by atoms with Crippen LogP contribution in [0.1, 0.15) is 40.2 Å². The molecule has 0 radical (unpaired) electrons. The molecule has 1 amide bonds. The van der Waals surface area contributed by atoms with Crippen LogP contribution in [0.25, 0.3) is 5.57 Å². The Morgan fingerprint density at radius 2 is 1.61 bits per heavy atom. The Morgan fingerprint density at radius 1 is 0.951 bits per heavy atom. The second kappa shape index (κ2) is 12.4. The number of aromatic nitrogens is 2. The number of hydrogen-bond acceptors (Lipinski definition) is 6. The number of carboxylic acids is 1. The number of imidazole rings is 1. The van der Waals surface area contributed by atoms with Crippen LogP contribution in [-0.2, 0) is 11.3 Å². The molecule has 1 fully saturated rings. The molecule has 0 bridgehead atoms. The summed E-state index contributed by atoms with van der Waals surface area (Å²) in [6, 6.07) is 21.2. The zero-order chi connectivity index (χ0) is 28.8. The molecular formula is C32H31N5O4. The van der Waals surface area contributed by atoms with E-state index in [-0.39, 0.29) is 17.2 Å². The maximum Gasteiger partial charge on any atom is 0.339 e. The third-order valence-corrected chi connectivity index (χ3v) is 7.33. The van der Waals surface area contributed by atoms with Crippen LogP contribution in [0.3, 0.4) is 0 Å². The summed E-state index contributed by atoms with van der Waals surface area (Å²) in [5.74, 6) is -0.0498. The van der Waals surface area contributed by atoms with Crippen molar-refractivity contribution in [2.45, 2.75) is 26.3 Å². The number of carbonyl (C=O) groups excluding carboxylic acids is 1. The van der Waals surface area contributed by atoms with Gasteiger partial charge in [-0.25, -0.2) is 9.78 Å². The Hall–Kier alpha value is -5.05. The van der Waals surface area contributed by atoms with Gasteiger partial charge in [-0.1, -0.05) is 42.5 Å². The van der Waals surface area contributed by atoms with Gasteiger partial charge in [0.05, 0.1) is 11.4 Å². The lowest BCUT2D eigenvalue weighted by Crippen LogP contribution is -2.38. The van der Waals surface area contributed by atoms with E-state index >= 15 is 0 Å². The van der Waals surface area contributed by atoms with E-state index < -0.39 is 5.97 Å². The number of phenols is 1. The maximum atomic E-state index is 13.4. The number of likely N-dealkylation sites (tertiary alicyclic amines) is 1. The minimum atomic E-state index is -1.24. The summed E-state index contributed by atoms with van der Waals surface area (Å²) < 4.78 is 2.18. The topological polar surface area (TPSA) is 120 Å². The first kappa shape index (κ1) is 27.5. The summed E-state index contributed by atoms with van der Waals surface area (Å²) in [6.07, 6.45) is 7.46. The highest BCUT2D eigenvalue weighted by Crippen LogP contribution is 2.29. The van der Waals surface area contributed by atoms with Gasteiger partial charge in [-0.15, -0.1) is 0 Å².